The van der Waals surface area contributed by atoms with Gasteiger partial charge in [-0.3, -0.25) is 9.20 Å². The third-order valence-corrected chi connectivity index (χ3v) is 6.02. The van der Waals surface area contributed by atoms with Crippen molar-refractivity contribution in [3.05, 3.63) is 58.3 Å². The minimum Gasteiger partial charge on any atom is -0.507 e. The zero-order valence-corrected chi connectivity index (χ0v) is 18.5. The number of carboxylic acid groups (broad SMARTS) is 1. The number of aromatic nitrogens is 3. The Morgan fingerprint density at radius 3 is 2.42 bits per heavy atom. The molecule has 2 aromatic carbocycles. The number of carboxylic acids is 1. The van der Waals surface area contributed by atoms with Crippen LogP contribution in [0.15, 0.2) is 30.3 Å². The van der Waals surface area contributed by atoms with Gasteiger partial charge >= 0.3 is 5.97 Å². The molecule has 0 fully saturated rings. The van der Waals surface area contributed by atoms with Gasteiger partial charge in [0.05, 0.1) is 22.6 Å². The van der Waals surface area contributed by atoms with Crippen LogP contribution in [0.25, 0.3) is 28.1 Å². The Labute approximate surface area is 181 Å². The second-order valence-electron chi connectivity index (χ2n) is 8.33. The zero-order valence-electron chi connectivity index (χ0n) is 18.5. The highest BCUT2D eigenvalue weighted by atomic mass is 16.4. The molecule has 0 saturated heterocycles. The maximum Gasteiger partial charge on any atom is 0.311 e. The van der Waals surface area contributed by atoms with E-state index < -0.39 is 11.9 Å². The lowest BCUT2D eigenvalue weighted by Crippen LogP contribution is -2.17. The average Bonchev–Trinajstić information content (AvgIpc) is 3.02. The number of imidazole rings is 1. The van der Waals surface area contributed by atoms with E-state index in [-0.39, 0.29) is 5.75 Å². The monoisotopic (exact) mass is 417 g/mol. The predicted molar refractivity (Wildman–Crippen MR) is 122 cm³/mol. The molecule has 1 unspecified atom stereocenters. The van der Waals surface area contributed by atoms with Crippen molar-refractivity contribution in [2.24, 2.45) is 0 Å². The lowest BCUT2D eigenvalue weighted by atomic mass is 9.89. The molecule has 4 aromatic rings. The summed E-state index contributed by atoms with van der Waals surface area (Å²) in [5.74, 6) is -1.02. The van der Waals surface area contributed by atoms with E-state index in [1.807, 2.05) is 57.2 Å². The number of fused-ring (bicyclic) bond motifs is 3. The van der Waals surface area contributed by atoms with Gasteiger partial charge in [0.1, 0.15) is 5.75 Å². The van der Waals surface area contributed by atoms with Crippen molar-refractivity contribution in [3.8, 4) is 17.0 Å². The molecule has 0 spiro atoms. The molecule has 2 heterocycles. The molecule has 0 aliphatic heterocycles. The summed E-state index contributed by atoms with van der Waals surface area (Å²) in [4.78, 5) is 21.7. The van der Waals surface area contributed by atoms with Crippen molar-refractivity contribution in [2.45, 2.75) is 53.4 Å². The van der Waals surface area contributed by atoms with E-state index in [1.165, 1.54) is 0 Å². The average molecular weight is 418 g/mol. The number of hydrogen-bond donors (Lipinski definition) is 2. The fourth-order valence-corrected chi connectivity index (χ4v) is 4.32. The number of aryl methyl sites for hydroxylation is 4. The van der Waals surface area contributed by atoms with Crippen molar-refractivity contribution >= 4 is 22.8 Å². The van der Waals surface area contributed by atoms with Gasteiger partial charge in [0, 0.05) is 16.8 Å². The van der Waals surface area contributed by atoms with Crippen molar-refractivity contribution in [1.82, 2.24) is 14.4 Å². The molecule has 6 heteroatoms. The molecule has 31 heavy (non-hydrogen) atoms. The number of hydrogen-bond acceptors (Lipinski definition) is 4. The van der Waals surface area contributed by atoms with Crippen LogP contribution in [0, 0.1) is 27.7 Å². The van der Waals surface area contributed by atoms with Crippen molar-refractivity contribution < 1.29 is 15.0 Å². The van der Waals surface area contributed by atoms with E-state index in [9.17, 15) is 15.0 Å². The normalized spacial score (nSPS) is 12.5. The molecule has 160 valence electrons. The van der Waals surface area contributed by atoms with Crippen LogP contribution in [-0.2, 0) is 4.79 Å². The zero-order chi connectivity index (χ0) is 22.4. The van der Waals surface area contributed by atoms with E-state index in [0.29, 0.717) is 34.7 Å². The van der Waals surface area contributed by atoms with Crippen molar-refractivity contribution in [3.63, 3.8) is 0 Å². The Morgan fingerprint density at radius 2 is 1.77 bits per heavy atom. The van der Waals surface area contributed by atoms with Crippen molar-refractivity contribution in [2.75, 3.05) is 0 Å². The third-order valence-electron chi connectivity index (χ3n) is 6.02. The molecule has 0 radical (unpaired) electrons. The summed E-state index contributed by atoms with van der Waals surface area (Å²) < 4.78 is 1.90. The third kappa shape index (κ3) is 3.42. The molecular formula is C25H27N3O3. The first-order chi connectivity index (χ1) is 14.7. The summed E-state index contributed by atoms with van der Waals surface area (Å²) >= 11 is 0. The maximum absolute atomic E-state index is 12.3. The fourth-order valence-electron chi connectivity index (χ4n) is 4.32. The SMILES string of the molecule is CCCC(C(=O)O)c1c(C)nc2nc3cc(C)c(C)cc3n2c1-c1ccc(C)cc1O. The van der Waals surface area contributed by atoms with Gasteiger partial charge in [0.2, 0.25) is 5.78 Å². The Hall–Kier alpha value is -3.41. The number of rotatable bonds is 5. The van der Waals surface area contributed by atoms with Gasteiger partial charge in [-0.1, -0.05) is 19.4 Å². The van der Waals surface area contributed by atoms with Crippen LogP contribution in [-0.4, -0.2) is 30.6 Å². The van der Waals surface area contributed by atoms with E-state index in [4.69, 9.17) is 9.97 Å². The number of aromatic hydroxyl groups is 1. The summed E-state index contributed by atoms with van der Waals surface area (Å²) in [6.07, 6.45) is 1.20. The van der Waals surface area contributed by atoms with Gasteiger partial charge in [-0.05, 0) is 75.1 Å². The van der Waals surface area contributed by atoms with Crippen LogP contribution in [0.5, 0.6) is 5.75 Å². The molecular weight excluding hydrogens is 390 g/mol. The second kappa shape index (κ2) is 7.69. The van der Waals surface area contributed by atoms with E-state index in [2.05, 4.69) is 6.07 Å². The largest absolute Gasteiger partial charge is 0.507 e. The van der Waals surface area contributed by atoms with E-state index >= 15 is 0 Å². The van der Waals surface area contributed by atoms with Crippen LogP contribution < -0.4 is 0 Å². The molecule has 6 nitrogen and oxygen atoms in total. The Balaban J connectivity index is 2.23. The lowest BCUT2D eigenvalue weighted by molar-refractivity contribution is -0.139. The number of phenolic OH excluding ortho intramolecular Hbond substituents is 1. The quantitative estimate of drug-likeness (QED) is 0.450. The summed E-state index contributed by atoms with van der Waals surface area (Å²) in [6.45, 7) is 9.78. The summed E-state index contributed by atoms with van der Waals surface area (Å²) in [6, 6.07) is 9.54. The molecule has 1 atom stereocenters. The first-order valence-corrected chi connectivity index (χ1v) is 10.6. The topological polar surface area (TPSA) is 87.7 Å². The number of nitrogens with zero attached hydrogens (tertiary/aromatic N) is 3. The van der Waals surface area contributed by atoms with Gasteiger partial charge in [0.15, 0.2) is 0 Å². The predicted octanol–water partition coefficient (Wildman–Crippen LogP) is 5.46. The molecule has 2 N–H and O–H groups in total. The number of phenols is 1. The summed E-state index contributed by atoms with van der Waals surface area (Å²) in [7, 11) is 0. The Morgan fingerprint density at radius 1 is 1.06 bits per heavy atom. The maximum atomic E-state index is 12.3. The van der Waals surface area contributed by atoms with Gasteiger partial charge in [-0.15, -0.1) is 0 Å². The highest BCUT2D eigenvalue weighted by Crippen LogP contribution is 2.40. The number of benzene rings is 2. The second-order valence-corrected chi connectivity index (χ2v) is 8.33. The van der Waals surface area contributed by atoms with Gasteiger partial charge in [-0.25, -0.2) is 9.97 Å². The number of carbonyl (C=O) groups is 1. The van der Waals surface area contributed by atoms with Crippen LogP contribution in [0.4, 0.5) is 0 Å². The molecule has 0 aliphatic carbocycles. The Kier molecular flexibility index (Phi) is 5.17. The minimum absolute atomic E-state index is 0.111. The first-order valence-electron chi connectivity index (χ1n) is 10.6. The lowest BCUT2D eigenvalue weighted by Gasteiger charge is -2.21. The number of aliphatic carboxylic acids is 1. The summed E-state index contributed by atoms with van der Waals surface area (Å²) in [5.41, 5.74) is 7.27. The molecule has 4 rings (SSSR count). The first kappa shape index (κ1) is 20.8. The van der Waals surface area contributed by atoms with Gasteiger partial charge in [0.25, 0.3) is 0 Å². The van der Waals surface area contributed by atoms with Crippen LogP contribution in [0.2, 0.25) is 0 Å². The highest BCUT2D eigenvalue weighted by Gasteiger charge is 2.29. The molecule has 0 amide bonds. The fraction of sp³-hybridized carbons (Fsp3) is 0.320. The molecule has 0 saturated carbocycles. The minimum atomic E-state index is -0.893. The van der Waals surface area contributed by atoms with E-state index in [1.54, 1.807) is 6.07 Å². The van der Waals surface area contributed by atoms with Crippen LogP contribution in [0.1, 0.15) is 53.6 Å². The van der Waals surface area contributed by atoms with Crippen molar-refractivity contribution in [1.29, 1.82) is 0 Å². The van der Waals surface area contributed by atoms with Gasteiger partial charge in [-0.2, -0.15) is 0 Å². The molecule has 2 aromatic heterocycles. The smallest absolute Gasteiger partial charge is 0.311 e. The molecule has 0 bridgehead atoms. The van der Waals surface area contributed by atoms with Crippen LogP contribution >= 0.6 is 0 Å². The standard InChI is InChI=1S/C25H27N3O3/c1-6-7-18(24(30)31)22-16(5)26-25-27-19-11-14(3)15(4)12-20(19)28(25)23(22)17-9-8-13(2)10-21(17)29/h8-12,18,29H,6-7H2,1-5H3,(H,30,31). The Bertz CT molecular complexity index is 1340. The highest BCUT2D eigenvalue weighted by molar-refractivity contribution is 5.88. The van der Waals surface area contributed by atoms with E-state index in [0.717, 1.165) is 34.1 Å². The van der Waals surface area contributed by atoms with Crippen LogP contribution in [0.3, 0.4) is 0 Å². The summed E-state index contributed by atoms with van der Waals surface area (Å²) in [5, 5.41) is 20.9. The molecule has 0 aliphatic rings. The van der Waals surface area contributed by atoms with Gasteiger partial charge < -0.3 is 10.2 Å².